The minimum absolute atomic E-state index is 0.121. The topological polar surface area (TPSA) is 163 Å². The molecule has 0 spiro atoms. The van der Waals surface area contributed by atoms with Crippen LogP contribution in [0.3, 0.4) is 0 Å². The van der Waals surface area contributed by atoms with Gasteiger partial charge in [0, 0.05) is 71.4 Å². The third-order valence-corrected chi connectivity index (χ3v) is 13.6. The highest BCUT2D eigenvalue weighted by molar-refractivity contribution is 6.00. The number of hydrogen-bond donors (Lipinski definition) is 3. The molecule has 2 unspecified atom stereocenters. The number of aryl methyl sites for hydroxylation is 1. The molecule has 0 radical (unpaired) electrons. The largest absolute Gasteiger partial charge is 0.385 e. The van der Waals surface area contributed by atoms with Gasteiger partial charge < -0.3 is 20.3 Å². The summed E-state index contributed by atoms with van der Waals surface area (Å²) in [7, 11) is 3.39. The number of halogens is 3. The fraction of sp³-hybridized carbons (Fsp3) is 0.478. The molecule has 2 aromatic carbocycles. The van der Waals surface area contributed by atoms with E-state index in [4.69, 9.17) is 9.84 Å². The average molecular weight is 894 g/mol. The molecule has 5 aromatic rings. The SMILES string of the molecule is CNc1cc(N2CCc3c(CN4CCC(N5CCC(OCC#Cc6cccc7c6n(C)c(=O)n7C6CCC(=O)NC6=O)CC5)C(F)(F)C4)cccc32)nn2c(C(=O)N[C@@H]3C[C@@H]3F)cnc12. The first-order valence-electron chi connectivity index (χ1n) is 22.3. The van der Waals surface area contributed by atoms with Crippen LogP contribution in [0.5, 0.6) is 0 Å². The molecule has 1 saturated carbocycles. The molecule has 3 N–H and O–H groups in total. The lowest BCUT2D eigenvalue weighted by atomic mass is 9.95. The summed E-state index contributed by atoms with van der Waals surface area (Å²) in [4.78, 5) is 60.9. The third kappa shape index (κ3) is 8.01. The lowest BCUT2D eigenvalue weighted by Crippen LogP contribution is -2.59. The number of alkyl halides is 3. The number of fused-ring (bicyclic) bond motifs is 3. The maximum atomic E-state index is 16.1. The number of rotatable bonds is 10. The molecule has 1 aliphatic carbocycles. The Kier molecular flexibility index (Phi) is 11.1. The molecular weight excluding hydrogens is 844 g/mol. The molecule has 4 atom stereocenters. The van der Waals surface area contributed by atoms with E-state index < -0.39 is 42.0 Å². The Morgan fingerprint density at radius 1 is 1.03 bits per heavy atom. The second-order valence-corrected chi connectivity index (χ2v) is 17.7. The van der Waals surface area contributed by atoms with E-state index in [1.807, 2.05) is 34.1 Å². The van der Waals surface area contributed by atoms with Crippen LogP contribution in [0.1, 0.15) is 71.7 Å². The predicted octanol–water partition coefficient (Wildman–Crippen LogP) is 3.68. The minimum Gasteiger partial charge on any atom is -0.385 e. The summed E-state index contributed by atoms with van der Waals surface area (Å²) in [5, 5.41) is 13.0. The van der Waals surface area contributed by atoms with Crippen molar-refractivity contribution in [1.82, 2.24) is 44.2 Å². The third-order valence-electron chi connectivity index (χ3n) is 13.6. The number of ether oxygens (including phenoxy) is 1. The number of imidazole rings is 2. The second kappa shape index (κ2) is 17.0. The highest BCUT2D eigenvalue weighted by Gasteiger charge is 2.48. The first-order valence-corrected chi connectivity index (χ1v) is 22.3. The number of benzene rings is 2. The summed E-state index contributed by atoms with van der Waals surface area (Å²) >= 11 is 0. The summed E-state index contributed by atoms with van der Waals surface area (Å²) in [5.74, 6) is 2.56. The molecule has 4 aliphatic heterocycles. The van der Waals surface area contributed by atoms with E-state index in [1.165, 1.54) is 19.8 Å². The Hall–Kier alpha value is -6.23. The number of para-hydroxylation sites is 1. The van der Waals surface area contributed by atoms with Crippen molar-refractivity contribution < 1.29 is 32.3 Å². The van der Waals surface area contributed by atoms with Crippen LogP contribution in [0.15, 0.2) is 53.5 Å². The normalized spacial score (nSPS) is 23.6. The zero-order chi connectivity index (χ0) is 45.1. The first kappa shape index (κ1) is 42.7. The number of anilines is 3. The molecule has 0 bridgehead atoms. The van der Waals surface area contributed by atoms with Gasteiger partial charge in [-0.25, -0.2) is 27.5 Å². The van der Waals surface area contributed by atoms with Gasteiger partial charge in [0.2, 0.25) is 11.8 Å². The van der Waals surface area contributed by atoms with Crippen LogP contribution in [0.4, 0.5) is 30.4 Å². The Labute approximate surface area is 372 Å². The van der Waals surface area contributed by atoms with Crippen LogP contribution in [-0.2, 0) is 34.3 Å². The van der Waals surface area contributed by atoms with E-state index in [1.54, 1.807) is 32.3 Å². The molecule has 3 amide bonds. The fourth-order valence-corrected chi connectivity index (χ4v) is 10.1. The van der Waals surface area contributed by atoms with Crippen LogP contribution < -0.4 is 26.5 Å². The lowest BCUT2D eigenvalue weighted by Gasteiger charge is -2.45. The lowest BCUT2D eigenvalue weighted by molar-refractivity contribution is -0.137. The number of hydrogen-bond acceptors (Lipinski definition) is 11. The van der Waals surface area contributed by atoms with Gasteiger partial charge in [-0.2, -0.15) is 0 Å². The number of nitrogens with one attached hydrogen (secondary N) is 3. The zero-order valence-electron chi connectivity index (χ0n) is 36.2. The molecule has 65 heavy (non-hydrogen) atoms. The molecule has 3 aromatic heterocycles. The number of nitrogens with zero attached hydrogens (tertiary/aromatic N) is 8. The van der Waals surface area contributed by atoms with Gasteiger partial charge in [-0.15, -0.1) is 5.10 Å². The monoisotopic (exact) mass is 893 g/mol. The van der Waals surface area contributed by atoms with Crippen molar-refractivity contribution in [2.45, 2.75) is 87.8 Å². The first-order chi connectivity index (χ1) is 31.4. The summed E-state index contributed by atoms with van der Waals surface area (Å²) < 4.78 is 56.2. The van der Waals surface area contributed by atoms with Gasteiger partial charge in [-0.1, -0.05) is 30.0 Å². The maximum absolute atomic E-state index is 16.1. The number of carbonyl (C=O) groups is 3. The highest BCUT2D eigenvalue weighted by Crippen LogP contribution is 2.39. The van der Waals surface area contributed by atoms with Gasteiger partial charge in [0.25, 0.3) is 11.8 Å². The van der Waals surface area contributed by atoms with Gasteiger partial charge in [-0.05, 0) is 61.4 Å². The van der Waals surface area contributed by atoms with Crippen LogP contribution >= 0.6 is 0 Å². The molecule has 4 fully saturated rings. The van der Waals surface area contributed by atoms with Crippen LogP contribution in [0.2, 0.25) is 0 Å². The Bertz CT molecular complexity index is 2840. The summed E-state index contributed by atoms with van der Waals surface area (Å²) in [6, 6.07) is 11.0. The van der Waals surface area contributed by atoms with Crippen molar-refractivity contribution in [2.75, 3.05) is 56.6 Å². The smallest absolute Gasteiger partial charge is 0.329 e. The highest BCUT2D eigenvalue weighted by atomic mass is 19.3. The summed E-state index contributed by atoms with van der Waals surface area (Å²) in [5.41, 5.74) is 5.73. The van der Waals surface area contributed by atoms with Gasteiger partial charge in [-0.3, -0.25) is 38.6 Å². The number of carbonyl (C=O) groups excluding carboxylic acids is 3. The number of imide groups is 1. The average Bonchev–Trinajstić information content (AvgIpc) is 3.57. The van der Waals surface area contributed by atoms with Gasteiger partial charge in [0.1, 0.15) is 18.8 Å². The van der Waals surface area contributed by atoms with Crippen LogP contribution in [0, 0.1) is 11.8 Å². The number of likely N-dealkylation sites (tertiary alicyclic amines) is 2. The van der Waals surface area contributed by atoms with E-state index >= 15 is 8.78 Å². The molecule has 3 saturated heterocycles. The standard InChI is InChI=1S/C46H50F3N11O5/c1-50-33-23-39(54-60-37(24-51-42(33)60)44(63)52-32-22-31(32)47)58-20-15-30-28(7-4-9-34(30)58)25-56-17-16-38(46(48,49)26-56)57-18-13-29(14-19-57)65-21-5-8-27-6-3-10-35-41(27)55(2)45(64)59(35)36-11-12-40(61)53-43(36)62/h3-4,6-7,9-10,23-24,29,31-32,36,38,50H,11-22,25-26H2,1-2H3,(H,52,63)(H,53,61,62)/t31-,32+,36?,38?/m0/s1. The zero-order valence-corrected chi connectivity index (χ0v) is 36.2. The van der Waals surface area contributed by atoms with Crippen molar-refractivity contribution in [2.24, 2.45) is 7.05 Å². The Morgan fingerprint density at radius 3 is 2.58 bits per heavy atom. The number of piperidine rings is 3. The summed E-state index contributed by atoms with van der Waals surface area (Å²) in [6.45, 7) is 2.32. The molecule has 340 valence electrons. The Balaban J connectivity index is 0.744. The van der Waals surface area contributed by atoms with Crippen molar-refractivity contribution in [3.8, 4) is 11.8 Å². The van der Waals surface area contributed by atoms with Gasteiger partial charge in [0.05, 0.1) is 53.2 Å². The van der Waals surface area contributed by atoms with Crippen molar-refractivity contribution in [1.29, 1.82) is 0 Å². The summed E-state index contributed by atoms with van der Waals surface area (Å²) in [6.07, 6.45) is 3.22. The van der Waals surface area contributed by atoms with Gasteiger partial charge in [0.15, 0.2) is 17.2 Å². The number of aromatic nitrogens is 5. The van der Waals surface area contributed by atoms with E-state index in [0.29, 0.717) is 98.6 Å². The van der Waals surface area contributed by atoms with Crippen molar-refractivity contribution >= 4 is 51.6 Å². The van der Waals surface area contributed by atoms with E-state index in [2.05, 4.69) is 37.7 Å². The van der Waals surface area contributed by atoms with Gasteiger partial charge >= 0.3 is 5.69 Å². The molecule has 19 heteroatoms. The van der Waals surface area contributed by atoms with Crippen LogP contribution in [0.25, 0.3) is 16.7 Å². The molecule has 5 aliphatic rings. The Morgan fingerprint density at radius 2 is 1.83 bits per heavy atom. The molecule has 16 nitrogen and oxygen atoms in total. The van der Waals surface area contributed by atoms with Crippen LogP contribution in [-0.4, -0.2) is 128 Å². The maximum Gasteiger partial charge on any atom is 0.329 e. The molecular formula is C46H50F3N11O5. The molecule has 7 heterocycles. The molecule has 10 rings (SSSR count). The van der Waals surface area contributed by atoms with Crippen molar-refractivity contribution in [3.63, 3.8) is 0 Å². The van der Waals surface area contributed by atoms with Crippen molar-refractivity contribution in [3.05, 3.63) is 81.5 Å². The van der Waals surface area contributed by atoms with E-state index in [-0.39, 0.29) is 49.4 Å². The quantitative estimate of drug-likeness (QED) is 0.139. The second-order valence-electron chi connectivity index (χ2n) is 17.7. The van der Waals surface area contributed by atoms with E-state index in [9.17, 15) is 23.6 Å². The minimum atomic E-state index is -2.91. The predicted molar refractivity (Wildman–Crippen MR) is 235 cm³/mol. The fourth-order valence-electron chi connectivity index (χ4n) is 10.1. The number of amides is 3. The van der Waals surface area contributed by atoms with E-state index in [0.717, 1.165) is 16.8 Å².